The molecule has 0 spiro atoms. The fraction of sp³-hybridized carbons (Fsp3) is 0.536. The molecule has 0 radical (unpaired) electrons. The number of non-ortho nitro benzene ring substituents is 1. The molecule has 5 rings (SSSR count). The number of ether oxygens (including phenoxy) is 4. The maximum atomic E-state index is 14.3. The molecule has 0 aromatic heterocycles. The highest BCUT2D eigenvalue weighted by atomic mass is 17.0. The smallest absolute Gasteiger partial charge is 0.344 e. The van der Waals surface area contributed by atoms with Gasteiger partial charge < -0.3 is 39.5 Å². The second-order valence-corrected chi connectivity index (χ2v) is 11.1. The Bertz CT molecular complexity index is 1490. The number of nitrogens with zero attached hydrogens (tertiary/aromatic N) is 2. The van der Waals surface area contributed by atoms with Crippen molar-refractivity contribution >= 4 is 23.4 Å². The standard InChI is InChI=1S/C28H32N4O13/c1-4-41-17-8-9-29-22(17)27(35)44-26(34)20-14(3)30-13(2)19(21(20)15-6-5-7-16(10-15)31(37)38)24(33)28(36)12-43-23-18(45-32(39)40)11-42-25(23)28/h5-7,10,17-18,21-23,25,29-30,36H,4,8-9,11-12H2,1-3H3/t17?,18-,21?,22+,23-,25+,28-/m1/s1. The van der Waals surface area contributed by atoms with Gasteiger partial charge in [0, 0.05) is 41.6 Å². The number of dihydropyridines is 1. The van der Waals surface area contributed by atoms with E-state index in [1.807, 2.05) is 0 Å². The van der Waals surface area contributed by atoms with Crippen molar-refractivity contribution < 1.29 is 53.3 Å². The van der Waals surface area contributed by atoms with Gasteiger partial charge >= 0.3 is 11.9 Å². The molecule has 242 valence electrons. The molecule has 4 aliphatic heterocycles. The Balaban J connectivity index is 1.52. The Morgan fingerprint density at radius 3 is 2.53 bits per heavy atom. The minimum atomic E-state index is -2.38. The first kappa shape index (κ1) is 32.1. The molecule has 17 heteroatoms. The molecule has 4 aliphatic rings. The summed E-state index contributed by atoms with van der Waals surface area (Å²) >= 11 is 0. The van der Waals surface area contributed by atoms with Gasteiger partial charge in [-0.25, -0.2) is 9.59 Å². The van der Waals surface area contributed by atoms with Gasteiger partial charge in [0.25, 0.3) is 10.8 Å². The fourth-order valence-corrected chi connectivity index (χ4v) is 6.36. The summed E-state index contributed by atoms with van der Waals surface area (Å²) in [6.45, 7) is 4.61. The van der Waals surface area contributed by atoms with E-state index in [0.29, 0.717) is 19.6 Å². The van der Waals surface area contributed by atoms with E-state index in [-0.39, 0.29) is 40.4 Å². The number of hydrogen-bond acceptors (Lipinski definition) is 15. The molecule has 3 saturated heterocycles. The number of nitro benzene ring substituents is 1. The second-order valence-electron chi connectivity index (χ2n) is 11.1. The fourth-order valence-electron chi connectivity index (χ4n) is 6.36. The van der Waals surface area contributed by atoms with Gasteiger partial charge in [0.2, 0.25) is 0 Å². The molecule has 1 aromatic rings. The van der Waals surface area contributed by atoms with Gasteiger partial charge in [-0.15, -0.1) is 10.1 Å². The van der Waals surface area contributed by atoms with E-state index < -0.39 is 76.3 Å². The highest BCUT2D eigenvalue weighted by Crippen LogP contribution is 2.45. The molecule has 1 aromatic carbocycles. The lowest BCUT2D eigenvalue weighted by molar-refractivity contribution is -0.769. The summed E-state index contributed by atoms with van der Waals surface area (Å²) in [6, 6.07) is 4.30. The van der Waals surface area contributed by atoms with Crippen molar-refractivity contribution in [3.05, 3.63) is 72.6 Å². The number of esters is 2. The molecule has 45 heavy (non-hydrogen) atoms. The SMILES string of the molecule is CCOC1CCN[C@@H]1C(=O)OC(=O)C1=C(C)NC(C)=C(C(=O)[C@]2(O)CO[C@@H]3[C@H](O[N+](=O)[O-])CO[C@@H]32)C1c1cccc([N+](=O)[O-])c1. The van der Waals surface area contributed by atoms with Crippen LogP contribution in [0.5, 0.6) is 0 Å². The van der Waals surface area contributed by atoms with Gasteiger partial charge in [-0.05, 0) is 39.3 Å². The van der Waals surface area contributed by atoms with Crippen LogP contribution in [-0.2, 0) is 38.2 Å². The molecule has 0 aliphatic carbocycles. The highest BCUT2D eigenvalue weighted by Gasteiger charge is 2.62. The summed E-state index contributed by atoms with van der Waals surface area (Å²) in [5, 5.41) is 39.2. The zero-order valence-electron chi connectivity index (χ0n) is 24.5. The lowest BCUT2D eigenvalue weighted by atomic mass is 9.74. The van der Waals surface area contributed by atoms with Crippen molar-refractivity contribution in [2.45, 2.75) is 69.2 Å². The molecule has 3 N–H and O–H groups in total. The number of allylic oxidation sites excluding steroid dienone is 2. The molecule has 0 bridgehead atoms. The molecule has 17 nitrogen and oxygen atoms in total. The van der Waals surface area contributed by atoms with E-state index in [0.717, 1.165) is 0 Å². The summed E-state index contributed by atoms with van der Waals surface area (Å²) in [7, 11) is 0. The Morgan fingerprint density at radius 1 is 1.11 bits per heavy atom. The molecular formula is C28H32N4O13. The van der Waals surface area contributed by atoms with E-state index in [9.17, 15) is 39.7 Å². The Labute approximate surface area is 255 Å². The zero-order valence-corrected chi connectivity index (χ0v) is 24.5. The number of Topliss-reactive ketones (excluding diaryl/α,β-unsaturated/α-hetero) is 1. The normalized spacial score (nSPS) is 30.9. The maximum Gasteiger partial charge on any atom is 0.344 e. The molecule has 0 saturated carbocycles. The average molecular weight is 633 g/mol. The molecule has 2 unspecified atom stereocenters. The first-order valence-corrected chi connectivity index (χ1v) is 14.2. The number of nitro groups is 1. The topological polar surface area (TPSA) is 228 Å². The second kappa shape index (κ2) is 12.6. The number of ketones is 1. The number of carbonyl (C=O) groups excluding carboxylic acids is 3. The van der Waals surface area contributed by atoms with Crippen LogP contribution in [0.3, 0.4) is 0 Å². The quantitative estimate of drug-likeness (QED) is 0.137. The van der Waals surface area contributed by atoms with Crippen LogP contribution in [0.2, 0.25) is 0 Å². The molecule has 4 heterocycles. The first-order valence-electron chi connectivity index (χ1n) is 14.2. The Kier molecular flexibility index (Phi) is 8.99. The molecule has 7 atom stereocenters. The first-order chi connectivity index (χ1) is 21.4. The van der Waals surface area contributed by atoms with Crippen molar-refractivity contribution in [1.29, 1.82) is 0 Å². The summed E-state index contributed by atoms with van der Waals surface area (Å²) in [4.78, 5) is 67.8. The third kappa shape index (κ3) is 5.91. The van der Waals surface area contributed by atoms with Crippen LogP contribution in [0.15, 0.2) is 46.8 Å². The van der Waals surface area contributed by atoms with E-state index in [4.69, 9.17) is 18.9 Å². The zero-order chi connectivity index (χ0) is 32.6. The van der Waals surface area contributed by atoms with Crippen LogP contribution in [0.25, 0.3) is 0 Å². The number of aliphatic hydroxyl groups is 1. The summed E-state index contributed by atoms with van der Waals surface area (Å²) in [5.74, 6) is -4.34. The minimum absolute atomic E-state index is 0.124. The Morgan fingerprint density at radius 2 is 1.84 bits per heavy atom. The lowest BCUT2D eigenvalue weighted by Crippen LogP contribution is -2.53. The van der Waals surface area contributed by atoms with E-state index in [1.165, 1.54) is 38.1 Å². The number of hydrogen-bond donors (Lipinski definition) is 3. The van der Waals surface area contributed by atoms with Crippen molar-refractivity contribution in [2.75, 3.05) is 26.4 Å². The van der Waals surface area contributed by atoms with Crippen molar-refractivity contribution in [3.63, 3.8) is 0 Å². The van der Waals surface area contributed by atoms with Crippen LogP contribution in [0.1, 0.15) is 38.7 Å². The maximum absolute atomic E-state index is 14.3. The van der Waals surface area contributed by atoms with Gasteiger partial charge in [-0.2, -0.15) is 0 Å². The van der Waals surface area contributed by atoms with E-state index >= 15 is 0 Å². The van der Waals surface area contributed by atoms with Gasteiger partial charge in [0.15, 0.2) is 17.5 Å². The van der Waals surface area contributed by atoms with Gasteiger partial charge in [0.1, 0.15) is 18.2 Å². The summed E-state index contributed by atoms with van der Waals surface area (Å²) in [6.07, 6.45) is -3.74. The van der Waals surface area contributed by atoms with Crippen LogP contribution >= 0.6 is 0 Å². The van der Waals surface area contributed by atoms with E-state index in [1.54, 1.807) is 6.92 Å². The average Bonchev–Trinajstić information content (AvgIpc) is 3.70. The van der Waals surface area contributed by atoms with Crippen LogP contribution < -0.4 is 10.6 Å². The number of rotatable bonds is 10. The molecule has 3 fully saturated rings. The van der Waals surface area contributed by atoms with Crippen molar-refractivity contribution in [3.8, 4) is 0 Å². The lowest BCUT2D eigenvalue weighted by Gasteiger charge is -2.35. The van der Waals surface area contributed by atoms with Gasteiger partial charge in [-0.3, -0.25) is 14.9 Å². The monoisotopic (exact) mass is 632 g/mol. The van der Waals surface area contributed by atoms with E-state index in [2.05, 4.69) is 15.5 Å². The third-order valence-electron chi connectivity index (χ3n) is 8.32. The summed E-state index contributed by atoms with van der Waals surface area (Å²) < 4.78 is 22.0. The third-order valence-corrected chi connectivity index (χ3v) is 8.32. The molecular weight excluding hydrogens is 600 g/mol. The molecule has 0 amide bonds. The number of fused-ring (bicyclic) bond motifs is 1. The van der Waals surface area contributed by atoms with Crippen LogP contribution in [-0.4, -0.2) is 95.3 Å². The van der Waals surface area contributed by atoms with Crippen molar-refractivity contribution in [1.82, 2.24) is 10.6 Å². The largest absolute Gasteiger partial charge is 0.388 e. The highest BCUT2D eigenvalue weighted by molar-refractivity contribution is 6.09. The number of nitrogens with one attached hydrogen (secondary N) is 2. The van der Waals surface area contributed by atoms with Crippen LogP contribution in [0, 0.1) is 20.2 Å². The number of benzene rings is 1. The van der Waals surface area contributed by atoms with Crippen molar-refractivity contribution in [2.24, 2.45) is 0 Å². The predicted octanol–water partition coefficient (Wildman–Crippen LogP) is 0.341. The van der Waals surface area contributed by atoms with Gasteiger partial charge in [0.05, 0.1) is 29.8 Å². The summed E-state index contributed by atoms with van der Waals surface area (Å²) in [5.41, 5.74) is -2.59. The van der Waals surface area contributed by atoms with Gasteiger partial charge in [-0.1, -0.05) is 12.1 Å². The number of carbonyl (C=O) groups is 3. The predicted molar refractivity (Wildman–Crippen MR) is 149 cm³/mol. The Hall–Kier alpha value is -4.29. The van der Waals surface area contributed by atoms with Crippen LogP contribution in [0.4, 0.5) is 5.69 Å². The minimum Gasteiger partial charge on any atom is -0.388 e.